The number of nitrogens with one attached hydrogen (secondary N) is 1. The zero-order chi connectivity index (χ0) is 23.8. The van der Waals surface area contributed by atoms with Gasteiger partial charge >= 0.3 is 0 Å². The quantitative estimate of drug-likeness (QED) is 0.680. The number of ketones is 1. The summed E-state index contributed by atoms with van der Waals surface area (Å²) in [6, 6.07) is 13.1. The third-order valence-corrected chi connectivity index (χ3v) is 5.75. The number of aromatic hydroxyl groups is 1. The van der Waals surface area contributed by atoms with E-state index in [0.717, 1.165) is 5.56 Å². The van der Waals surface area contributed by atoms with Crippen molar-refractivity contribution in [1.82, 2.24) is 9.80 Å². The molecule has 0 saturated carbocycles. The number of hydrogen-bond donors (Lipinski definition) is 2. The maximum Gasteiger partial charge on any atom is 0.249 e. The van der Waals surface area contributed by atoms with Crippen LogP contribution in [0.5, 0.6) is 5.75 Å². The van der Waals surface area contributed by atoms with E-state index in [0.29, 0.717) is 23.2 Å². The minimum atomic E-state index is -0.358. The Balaban J connectivity index is 1.86. The molecule has 0 atom stereocenters. The molecule has 0 unspecified atom stereocenters. The van der Waals surface area contributed by atoms with Gasteiger partial charge in [0.15, 0.2) is 5.78 Å². The standard InChI is InChI=1S/C26H33N3O3/c1-25(2,3)19-12-18(13-20(23(19)32)26(4,5)6)21(30)15-29-22(31)16-28(24(29)27)14-17-10-8-7-9-11-17/h7-13,27,32H,14-16H2,1-6H3. The van der Waals surface area contributed by atoms with E-state index in [9.17, 15) is 14.7 Å². The van der Waals surface area contributed by atoms with Crippen LogP contribution in [0, 0.1) is 5.41 Å². The van der Waals surface area contributed by atoms with Crippen LogP contribution < -0.4 is 0 Å². The van der Waals surface area contributed by atoms with Gasteiger partial charge in [0.2, 0.25) is 11.9 Å². The van der Waals surface area contributed by atoms with Crippen molar-refractivity contribution in [2.75, 3.05) is 13.1 Å². The number of benzene rings is 2. The molecule has 2 aromatic rings. The minimum absolute atomic E-state index is 0.0399. The second-order valence-electron chi connectivity index (χ2n) is 10.5. The summed E-state index contributed by atoms with van der Waals surface area (Å²) in [6.45, 7) is 12.3. The zero-order valence-corrected chi connectivity index (χ0v) is 19.8. The second kappa shape index (κ2) is 8.41. The van der Waals surface area contributed by atoms with E-state index in [-0.39, 0.29) is 47.3 Å². The fourth-order valence-electron chi connectivity index (χ4n) is 3.88. The number of guanidine groups is 1. The van der Waals surface area contributed by atoms with Gasteiger partial charge in [-0.15, -0.1) is 0 Å². The molecule has 6 nitrogen and oxygen atoms in total. The summed E-state index contributed by atoms with van der Waals surface area (Å²) in [4.78, 5) is 28.8. The number of rotatable bonds is 5. The van der Waals surface area contributed by atoms with Gasteiger partial charge in [-0.1, -0.05) is 71.9 Å². The first kappa shape index (κ1) is 23.5. The lowest BCUT2D eigenvalue weighted by atomic mass is 9.78. The van der Waals surface area contributed by atoms with Crippen LogP contribution in [0.2, 0.25) is 0 Å². The molecule has 1 aliphatic rings. The predicted molar refractivity (Wildman–Crippen MR) is 126 cm³/mol. The Morgan fingerprint density at radius 2 is 1.53 bits per heavy atom. The minimum Gasteiger partial charge on any atom is -0.507 e. The van der Waals surface area contributed by atoms with E-state index in [4.69, 9.17) is 5.41 Å². The summed E-state index contributed by atoms with van der Waals surface area (Å²) < 4.78 is 0. The molecule has 1 saturated heterocycles. The number of amides is 1. The fourth-order valence-corrected chi connectivity index (χ4v) is 3.88. The molecule has 1 fully saturated rings. The van der Waals surface area contributed by atoms with Gasteiger partial charge in [0.05, 0.1) is 6.54 Å². The van der Waals surface area contributed by atoms with Crippen LogP contribution in [0.1, 0.15) is 68.6 Å². The molecule has 0 aromatic heterocycles. The van der Waals surface area contributed by atoms with Crippen molar-refractivity contribution < 1.29 is 14.7 Å². The van der Waals surface area contributed by atoms with Crippen molar-refractivity contribution in [3.63, 3.8) is 0 Å². The normalized spacial score (nSPS) is 14.9. The maximum atomic E-state index is 13.2. The highest BCUT2D eigenvalue weighted by Crippen LogP contribution is 2.40. The smallest absolute Gasteiger partial charge is 0.249 e. The molecule has 1 heterocycles. The Hall–Kier alpha value is -3.15. The Labute approximate surface area is 190 Å². The SMILES string of the molecule is CC(C)(C)c1cc(C(=O)CN2C(=N)N(Cc3ccccc3)CC2=O)cc(C(C)(C)C)c1O. The van der Waals surface area contributed by atoms with Crippen LogP contribution in [-0.4, -0.2) is 45.6 Å². The molecular formula is C26H33N3O3. The first-order chi connectivity index (χ1) is 14.8. The predicted octanol–water partition coefficient (Wildman–Crippen LogP) is 4.45. The largest absolute Gasteiger partial charge is 0.507 e. The molecule has 32 heavy (non-hydrogen) atoms. The Morgan fingerprint density at radius 1 is 1.00 bits per heavy atom. The van der Waals surface area contributed by atoms with Gasteiger partial charge in [-0.05, 0) is 28.5 Å². The Kier molecular flexibility index (Phi) is 6.18. The molecule has 1 aliphatic heterocycles. The van der Waals surface area contributed by atoms with E-state index in [1.54, 1.807) is 17.0 Å². The molecule has 3 rings (SSSR count). The van der Waals surface area contributed by atoms with Crippen LogP contribution in [-0.2, 0) is 22.2 Å². The lowest BCUT2D eigenvalue weighted by molar-refractivity contribution is -0.124. The van der Waals surface area contributed by atoms with E-state index in [1.165, 1.54) is 4.90 Å². The monoisotopic (exact) mass is 435 g/mol. The average molecular weight is 436 g/mol. The van der Waals surface area contributed by atoms with Gasteiger partial charge in [-0.2, -0.15) is 0 Å². The maximum absolute atomic E-state index is 13.2. The van der Waals surface area contributed by atoms with Crippen LogP contribution >= 0.6 is 0 Å². The van der Waals surface area contributed by atoms with Crippen LogP contribution in [0.15, 0.2) is 42.5 Å². The molecule has 0 bridgehead atoms. The lowest BCUT2D eigenvalue weighted by Crippen LogP contribution is -2.37. The molecule has 0 spiro atoms. The number of nitrogens with zero attached hydrogens (tertiary/aromatic N) is 2. The summed E-state index contributed by atoms with van der Waals surface area (Å²) in [5, 5.41) is 19.3. The van der Waals surface area contributed by atoms with Crippen molar-refractivity contribution in [3.8, 4) is 5.75 Å². The summed E-state index contributed by atoms with van der Waals surface area (Å²) in [6.07, 6.45) is 0. The summed E-state index contributed by atoms with van der Waals surface area (Å²) in [5.41, 5.74) is 2.12. The molecule has 0 aliphatic carbocycles. The summed E-state index contributed by atoms with van der Waals surface area (Å²) in [5.74, 6) is -0.260. The van der Waals surface area contributed by atoms with E-state index in [1.807, 2.05) is 71.9 Å². The van der Waals surface area contributed by atoms with Gasteiger partial charge in [-0.25, -0.2) is 0 Å². The summed E-state index contributed by atoms with van der Waals surface area (Å²) in [7, 11) is 0. The van der Waals surface area contributed by atoms with Crippen molar-refractivity contribution >= 4 is 17.6 Å². The molecule has 0 radical (unpaired) electrons. The summed E-state index contributed by atoms with van der Waals surface area (Å²) >= 11 is 0. The van der Waals surface area contributed by atoms with Crippen LogP contribution in [0.4, 0.5) is 0 Å². The molecular weight excluding hydrogens is 402 g/mol. The third-order valence-electron chi connectivity index (χ3n) is 5.75. The van der Waals surface area contributed by atoms with Gasteiger partial charge < -0.3 is 10.0 Å². The van der Waals surface area contributed by atoms with Crippen LogP contribution in [0.25, 0.3) is 0 Å². The number of phenols is 1. The van der Waals surface area contributed by atoms with Gasteiger partial charge in [-0.3, -0.25) is 19.9 Å². The van der Waals surface area contributed by atoms with Gasteiger partial charge in [0, 0.05) is 23.2 Å². The highest BCUT2D eigenvalue weighted by molar-refractivity contribution is 6.08. The van der Waals surface area contributed by atoms with Crippen molar-refractivity contribution in [3.05, 3.63) is 64.7 Å². The Morgan fingerprint density at radius 3 is 2.03 bits per heavy atom. The Bertz CT molecular complexity index is 1010. The number of carbonyl (C=O) groups excluding carboxylic acids is 2. The van der Waals surface area contributed by atoms with Gasteiger partial charge in [0.1, 0.15) is 12.3 Å². The van der Waals surface area contributed by atoms with Crippen molar-refractivity contribution in [1.29, 1.82) is 5.41 Å². The van der Waals surface area contributed by atoms with Crippen molar-refractivity contribution in [2.24, 2.45) is 0 Å². The van der Waals surface area contributed by atoms with E-state index < -0.39 is 0 Å². The topological polar surface area (TPSA) is 84.7 Å². The first-order valence-electron chi connectivity index (χ1n) is 10.9. The fraction of sp³-hybridized carbons (Fsp3) is 0.423. The van der Waals surface area contributed by atoms with E-state index in [2.05, 4.69) is 0 Å². The number of hydrogen-bond acceptors (Lipinski definition) is 4. The molecule has 1 amide bonds. The second-order valence-corrected chi connectivity index (χ2v) is 10.5. The molecule has 2 N–H and O–H groups in total. The highest BCUT2D eigenvalue weighted by Gasteiger charge is 2.35. The molecule has 170 valence electrons. The van der Waals surface area contributed by atoms with Crippen LogP contribution in [0.3, 0.4) is 0 Å². The first-order valence-corrected chi connectivity index (χ1v) is 10.9. The van der Waals surface area contributed by atoms with Gasteiger partial charge in [0.25, 0.3) is 0 Å². The van der Waals surface area contributed by atoms with Crippen molar-refractivity contribution in [2.45, 2.75) is 58.9 Å². The average Bonchev–Trinajstić information content (AvgIpc) is 2.94. The third kappa shape index (κ3) is 4.85. The number of phenolic OH excluding ortho intramolecular Hbond substituents is 1. The zero-order valence-electron chi connectivity index (χ0n) is 19.8. The van der Waals surface area contributed by atoms with E-state index >= 15 is 0 Å². The molecule has 2 aromatic carbocycles. The number of Topliss-reactive ketones (excluding diaryl/α,β-unsaturated/α-hetero) is 1. The lowest BCUT2D eigenvalue weighted by Gasteiger charge is -2.28. The number of carbonyl (C=O) groups is 2. The molecule has 6 heteroatoms. The highest BCUT2D eigenvalue weighted by atomic mass is 16.3.